The summed E-state index contributed by atoms with van der Waals surface area (Å²) in [4.78, 5) is 0. The van der Waals surface area contributed by atoms with E-state index < -0.39 is 0 Å². The summed E-state index contributed by atoms with van der Waals surface area (Å²) in [6.07, 6.45) is 12.4. The van der Waals surface area contributed by atoms with Crippen LogP contribution in [0.3, 0.4) is 0 Å². The van der Waals surface area contributed by atoms with Gasteiger partial charge in [-0.15, -0.1) is 0 Å². The summed E-state index contributed by atoms with van der Waals surface area (Å²) in [7, 11) is 0. The lowest BCUT2D eigenvalue weighted by atomic mass is 9.75. The molecule has 25 heavy (non-hydrogen) atoms. The number of hydrogen-bond donors (Lipinski definition) is 0. The molecule has 0 radical (unpaired) electrons. The lowest BCUT2D eigenvalue weighted by molar-refractivity contribution is 0.303. The van der Waals surface area contributed by atoms with Crippen LogP contribution in [0.1, 0.15) is 82.3 Å². The van der Waals surface area contributed by atoms with E-state index in [1.807, 2.05) is 0 Å². The van der Waals surface area contributed by atoms with Crippen LogP contribution in [0, 0.1) is 5.92 Å². The number of aryl methyl sites for hydroxylation is 1. The van der Waals surface area contributed by atoms with Crippen LogP contribution < -0.4 is 0 Å². The van der Waals surface area contributed by atoms with E-state index in [1.165, 1.54) is 68.1 Å². The Kier molecular flexibility index (Phi) is 6.73. The van der Waals surface area contributed by atoms with Gasteiger partial charge in [0.2, 0.25) is 0 Å². The van der Waals surface area contributed by atoms with Crippen molar-refractivity contribution in [1.82, 2.24) is 0 Å². The maximum Gasteiger partial charge on any atom is -0.0149 e. The van der Waals surface area contributed by atoms with Gasteiger partial charge in [-0.25, -0.2) is 0 Å². The van der Waals surface area contributed by atoms with Crippen molar-refractivity contribution in [1.29, 1.82) is 0 Å². The standard InChI is InChI=1S/C25H34/c1-3-5-6-9-21-14-18-23(19-15-21)25-11-8-7-10-24(25)22-16-12-20(4-2)13-17-22/h7-8,10-13,16-17,21,23H,3-6,9,14-15,18-19H2,1-2H3/t21-,23-. The highest BCUT2D eigenvalue weighted by atomic mass is 14.3. The van der Waals surface area contributed by atoms with Crippen molar-refractivity contribution >= 4 is 0 Å². The smallest absolute Gasteiger partial charge is 0.0149 e. The minimum Gasteiger partial charge on any atom is -0.0654 e. The molecular weight excluding hydrogens is 300 g/mol. The Morgan fingerprint density at radius 3 is 2.20 bits per heavy atom. The summed E-state index contributed by atoms with van der Waals surface area (Å²) in [5, 5.41) is 0. The molecule has 0 saturated heterocycles. The first-order valence-corrected chi connectivity index (χ1v) is 10.5. The molecule has 1 fully saturated rings. The third kappa shape index (κ3) is 4.75. The van der Waals surface area contributed by atoms with E-state index in [2.05, 4.69) is 62.4 Å². The maximum absolute atomic E-state index is 2.38. The average molecular weight is 335 g/mol. The second kappa shape index (κ2) is 9.22. The first-order valence-electron chi connectivity index (χ1n) is 10.5. The zero-order valence-electron chi connectivity index (χ0n) is 16.1. The molecule has 0 N–H and O–H groups in total. The molecule has 1 saturated carbocycles. The summed E-state index contributed by atoms with van der Waals surface area (Å²) in [6, 6.07) is 18.3. The molecule has 2 aromatic carbocycles. The van der Waals surface area contributed by atoms with E-state index in [9.17, 15) is 0 Å². The summed E-state index contributed by atoms with van der Waals surface area (Å²) in [5.74, 6) is 1.74. The summed E-state index contributed by atoms with van der Waals surface area (Å²) >= 11 is 0. The van der Waals surface area contributed by atoms with Crippen LogP contribution in [-0.4, -0.2) is 0 Å². The van der Waals surface area contributed by atoms with Gasteiger partial charge in [0.25, 0.3) is 0 Å². The number of hydrogen-bond acceptors (Lipinski definition) is 0. The molecule has 0 heteroatoms. The largest absolute Gasteiger partial charge is 0.0654 e. The van der Waals surface area contributed by atoms with Crippen molar-refractivity contribution in [3.8, 4) is 11.1 Å². The van der Waals surface area contributed by atoms with Gasteiger partial charge < -0.3 is 0 Å². The second-order valence-corrected chi connectivity index (χ2v) is 7.85. The molecule has 1 aliphatic carbocycles. The lowest BCUT2D eigenvalue weighted by Crippen LogP contribution is -2.14. The molecule has 0 spiro atoms. The topological polar surface area (TPSA) is 0 Å². The van der Waals surface area contributed by atoms with E-state index in [-0.39, 0.29) is 0 Å². The Morgan fingerprint density at radius 2 is 1.52 bits per heavy atom. The van der Waals surface area contributed by atoms with Gasteiger partial charge in [0.05, 0.1) is 0 Å². The van der Waals surface area contributed by atoms with Crippen molar-refractivity contribution in [2.75, 3.05) is 0 Å². The second-order valence-electron chi connectivity index (χ2n) is 7.85. The van der Waals surface area contributed by atoms with Crippen LogP contribution in [-0.2, 0) is 6.42 Å². The molecule has 0 amide bonds. The molecule has 0 bridgehead atoms. The molecule has 0 aliphatic heterocycles. The predicted molar refractivity (Wildman–Crippen MR) is 110 cm³/mol. The molecule has 3 rings (SSSR count). The third-order valence-corrected chi connectivity index (χ3v) is 6.14. The Balaban J connectivity index is 1.69. The molecule has 1 aliphatic rings. The Hall–Kier alpha value is -1.56. The van der Waals surface area contributed by atoms with Crippen molar-refractivity contribution in [2.24, 2.45) is 5.92 Å². The Bertz CT molecular complexity index is 629. The van der Waals surface area contributed by atoms with Gasteiger partial charge in [-0.3, -0.25) is 0 Å². The average Bonchev–Trinajstić information content (AvgIpc) is 2.69. The van der Waals surface area contributed by atoms with Crippen molar-refractivity contribution in [3.05, 3.63) is 59.7 Å². The molecule has 0 aromatic heterocycles. The van der Waals surface area contributed by atoms with E-state index in [0.29, 0.717) is 0 Å². The van der Waals surface area contributed by atoms with Gasteiger partial charge in [-0.05, 0) is 66.2 Å². The molecular formula is C25H34. The van der Waals surface area contributed by atoms with Gasteiger partial charge in [-0.2, -0.15) is 0 Å². The normalized spacial score (nSPS) is 20.6. The van der Waals surface area contributed by atoms with E-state index >= 15 is 0 Å². The fourth-order valence-electron chi connectivity index (χ4n) is 4.48. The van der Waals surface area contributed by atoms with Crippen molar-refractivity contribution < 1.29 is 0 Å². The third-order valence-electron chi connectivity index (χ3n) is 6.14. The van der Waals surface area contributed by atoms with Crippen LogP contribution >= 0.6 is 0 Å². The van der Waals surface area contributed by atoms with Crippen molar-refractivity contribution in [2.45, 2.75) is 77.6 Å². The Morgan fingerprint density at radius 1 is 0.800 bits per heavy atom. The summed E-state index contributed by atoms with van der Waals surface area (Å²) in [6.45, 7) is 4.53. The fraction of sp³-hybridized carbons (Fsp3) is 0.520. The van der Waals surface area contributed by atoms with Gasteiger partial charge in [-0.1, -0.05) is 88.1 Å². The molecule has 0 nitrogen and oxygen atoms in total. The van der Waals surface area contributed by atoms with Gasteiger partial charge in [0, 0.05) is 0 Å². The van der Waals surface area contributed by atoms with E-state index in [0.717, 1.165) is 18.3 Å². The maximum atomic E-state index is 2.38. The van der Waals surface area contributed by atoms with Gasteiger partial charge in [0.15, 0.2) is 0 Å². The van der Waals surface area contributed by atoms with E-state index in [4.69, 9.17) is 0 Å². The van der Waals surface area contributed by atoms with Crippen LogP contribution in [0.25, 0.3) is 11.1 Å². The van der Waals surface area contributed by atoms with E-state index in [1.54, 1.807) is 5.56 Å². The molecule has 0 heterocycles. The van der Waals surface area contributed by atoms with Crippen LogP contribution in [0.2, 0.25) is 0 Å². The predicted octanol–water partition coefficient (Wildman–Crippen LogP) is 7.77. The zero-order chi connectivity index (χ0) is 17.5. The quantitative estimate of drug-likeness (QED) is 0.454. The number of benzene rings is 2. The van der Waals surface area contributed by atoms with Crippen LogP contribution in [0.15, 0.2) is 48.5 Å². The highest BCUT2D eigenvalue weighted by molar-refractivity contribution is 5.68. The molecule has 0 atom stereocenters. The zero-order valence-corrected chi connectivity index (χ0v) is 16.1. The summed E-state index contributed by atoms with van der Waals surface area (Å²) < 4.78 is 0. The highest BCUT2D eigenvalue weighted by Gasteiger charge is 2.23. The highest BCUT2D eigenvalue weighted by Crippen LogP contribution is 2.41. The minimum atomic E-state index is 0.754. The first kappa shape index (κ1) is 18.2. The Labute approximate surface area is 154 Å². The van der Waals surface area contributed by atoms with Gasteiger partial charge in [0.1, 0.15) is 0 Å². The van der Waals surface area contributed by atoms with Crippen molar-refractivity contribution in [3.63, 3.8) is 0 Å². The molecule has 0 unspecified atom stereocenters. The molecule has 134 valence electrons. The minimum absolute atomic E-state index is 0.754. The lowest BCUT2D eigenvalue weighted by Gasteiger charge is -2.30. The number of rotatable bonds is 7. The monoisotopic (exact) mass is 334 g/mol. The SMILES string of the molecule is CCCCC[C@H]1CC[C@H](c2ccccc2-c2ccc(CC)cc2)CC1. The molecule has 2 aromatic rings. The fourth-order valence-corrected chi connectivity index (χ4v) is 4.48. The first-order chi connectivity index (χ1) is 12.3. The van der Waals surface area contributed by atoms with Crippen LogP contribution in [0.4, 0.5) is 0 Å². The number of unbranched alkanes of at least 4 members (excludes halogenated alkanes) is 2. The summed E-state index contributed by atoms with van der Waals surface area (Å²) in [5.41, 5.74) is 5.85. The van der Waals surface area contributed by atoms with Crippen LogP contribution in [0.5, 0.6) is 0 Å². The van der Waals surface area contributed by atoms with Gasteiger partial charge >= 0.3 is 0 Å².